The zero-order chi connectivity index (χ0) is 14.0. The van der Waals surface area contributed by atoms with Crippen LogP contribution < -0.4 is 5.32 Å². The number of nitrogens with one attached hydrogen (secondary N) is 1. The van der Waals surface area contributed by atoms with E-state index in [-0.39, 0.29) is 17.4 Å². The summed E-state index contributed by atoms with van der Waals surface area (Å²) in [6, 6.07) is 6.39. The Labute approximate surface area is 112 Å². The maximum atomic E-state index is 11.7. The summed E-state index contributed by atoms with van der Waals surface area (Å²) >= 11 is 0. The number of aliphatic carboxylic acids is 1. The van der Waals surface area contributed by atoms with Crippen molar-refractivity contribution in [3.05, 3.63) is 24.3 Å². The van der Waals surface area contributed by atoms with Crippen LogP contribution in [0.25, 0.3) is 0 Å². The van der Waals surface area contributed by atoms with Crippen molar-refractivity contribution in [3.63, 3.8) is 0 Å². The summed E-state index contributed by atoms with van der Waals surface area (Å²) < 4.78 is 23.4. The Morgan fingerprint density at radius 1 is 1.42 bits per heavy atom. The second-order valence-electron chi connectivity index (χ2n) is 4.95. The van der Waals surface area contributed by atoms with Crippen LogP contribution in [0.1, 0.15) is 19.3 Å². The molecule has 0 radical (unpaired) electrons. The number of para-hydroxylation sites is 1. The van der Waals surface area contributed by atoms with Gasteiger partial charge < -0.3 is 10.4 Å². The summed E-state index contributed by atoms with van der Waals surface area (Å²) in [5, 5.41) is 12.0. The molecule has 0 heterocycles. The molecular weight excluding hydrogens is 266 g/mol. The zero-order valence-electron chi connectivity index (χ0n) is 10.7. The van der Waals surface area contributed by atoms with Crippen LogP contribution in [0.4, 0.5) is 5.69 Å². The van der Waals surface area contributed by atoms with E-state index >= 15 is 0 Å². The largest absolute Gasteiger partial charge is 0.481 e. The molecule has 0 aliphatic heterocycles. The summed E-state index contributed by atoms with van der Waals surface area (Å²) in [6.07, 6.45) is 3.14. The van der Waals surface area contributed by atoms with Crippen LogP contribution in [0.5, 0.6) is 0 Å². The first-order valence-corrected chi connectivity index (χ1v) is 8.04. The summed E-state index contributed by atoms with van der Waals surface area (Å²) in [6.45, 7) is 0. The van der Waals surface area contributed by atoms with Crippen molar-refractivity contribution in [2.24, 2.45) is 5.92 Å². The number of rotatable bonds is 6. The summed E-state index contributed by atoms with van der Waals surface area (Å²) in [5.41, 5.74) is 0.489. The summed E-state index contributed by atoms with van der Waals surface area (Å²) in [5.74, 6) is -0.551. The average Bonchev–Trinajstić information content (AvgIpc) is 3.10. The van der Waals surface area contributed by atoms with Gasteiger partial charge in [-0.3, -0.25) is 4.79 Å². The number of carboxylic acids is 1. The molecule has 6 heteroatoms. The highest BCUT2D eigenvalue weighted by Crippen LogP contribution is 2.36. The van der Waals surface area contributed by atoms with Crippen molar-refractivity contribution >= 4 is 21.5 Å². The third-order valence-electron chi connectivity index (χ3n) is 3.21. The highest BCUT2D eigenvalue weighted by Gasteiger charge is 2.33. The predicted molar refractivity (Wildman–Crippen MR) is 71.9 cm³/mol. The van der Waals surface area contributed by atoms with E-state index in [1.807, 2.05) is 0 Å². The fourth-order valence-electron chi connectivity index (χ4n) is 2.13. The van der Waals surface area contributed by atoms with Crippen molar-refractivity contribution in [1.29, 1.82) is 0 Å². The molecule has 0 spiro atoms. The molecule has 1 fully saturated rings. The second kappa shape index (κ2) is 5.21. The Kier molecular flexibility index (Phi) is 3.80. The minimum Gasteiger partial charge on any atom is -0.481 e. The number of hydrogen-bond acceptors (Lipinski definition) is 4. The first-order valence-electron chi connectivity index (χ1n) is 6.15. The second-order valence-corrected chi connectivity index (χ2v) is 6.94. The maximum Gasteiger partial charge on any atom is 0.305 e. The first-order chi connectivity index (χ1) is 8.88. The molecule has 1 unspecified atom stereocenters. The van der Waals surface area contributed by atoms with Gasteiger partial charge in [0.1, 0.15) is 0 Å². The number of carboxylic acid groups (broad SMARTS) is 1. The Hall–Kier alpha value is -1.56. The quantitative estimate of drug-likeness (QED) is 0.831. The Balaban J connectivity index is 2.24. The van der Waals surface area contributed by atoms with Gasteiger partial charge >= 0.3 is 5.97 Å². The van der Waals surface area contributed by atoms with Gasteiger partial charge in [-0.15, -0.1) is 0 Å². The van der Waals surface area contributed by atoms with Crippen molar-refractivity contribution in [1.82, 2.24) is 0 Å². The SMILES string of the molecule is CS(=O)(=O)c1ccccc1NC(CC(=O)O)C1CC1. The number of carbonyl (C=O) groups is 1. The number of benzene rings is 1. The standard InChI is InChI=1S/C13H17NO4S/c1-19(17,18)12-5-3-2-4-10(12)14-11(8-13(15)16)9-6-7-9/h2-5,9,11,14H,6-8H2,1H3,(H,15,16). The Morgan fingerprint density at radius 2 is 2.05 bits per heavy atom. The molecule has 1 atom stereocenters. The van der Waals surface area contributed by atoms with Crippen molar-refractivity contribution in [3.8, 4) is 0 Å². The molecule has 2 N–H and O–H groups in total. The summed E-state index contributed by atoms with van der Waals surface area (Å²) in [7, 11) is -3.32. The van der Waals surface area contributed by atoms with E-state index in [0.29, 0.717) is 11.6 Å². The number of hydrogen-bond donors (Lipinski definition) is 2. The normalized spacial score (nSPS) is 16.9. The van der Waals surface area contributed by atoms with Crippen molar-refractivity contribution in [2.45, 2.75) is 30.2 Å². The van der Waals surface area contributed by atoms with Crippen LogP contribution in [-0.4, -0.2) is 31.8 Å². The van der Waals surface area contributed by atoms with Gasteiger partial charge in [0.2, 0.25) is 0 Å². The zero-order valence-corrected chi connectivity index (χ0v) is 11.5. The third-order valence-corrected chi connectivity index (χ3v) is 4.37. The molecule has 1 aliphatic rings. The molecular formula is C13H17NO4S. The van der Waals surface area contributed by atoms with Crippen LogP contribution >= 0.6 is 0 Å². The molecule has 0 bridgehead atoms. The summed E-state index contributed by atoms with van der Waals surface area (Å²) in [4.78, 5) is 11.1. The topological polar surface area (TPSA) is 83.5 Å². The lowest BCUT2D eigenvalue weighted by atomic mass is 10.1. The van der Waals surface area contributed by atoms with Crippen LogP contribution in [0.15, 0.2) is 29.2 Å². The fraction of sp³-hybridized carbons (Fsp3) is 0.462. The molecule has 1 saturated carbocycles. The van der Waals surface area contributed by atoms with E-state index in [0.717, 1.165) is 19.1 Å². The molecule has 0 saturated heterocycles. The lowest BCUT2D eigenvalue weighted by Gasteiger charge is -2.19. The third kappa shape index (κ3) is 3.70. The number of anilines is 1. The van der Waals surface area contributed by atoms with Crippen molar-refractivity contribution in [2.75, 3.05) is 11.6 Å². The van der Waals surface area contributed by atoms with E-state index in [9.17, 15) is 13.2 Å². The number of sulfone groups is 1. The van der Waals surface area contributed by atoms with Gasteiger partial charge in [-0.2, -0.15) is 0 Å². The monoisotopic (exact) mass is 283 g/mol. The van der Waals surface area contributed by atoms with Gasteiger partial charge in [-0.1, -0.05) is 12.1 Å². The van der Waals surface area contributed by atoms with Gasteiger partial charge in [0.15, 0.2) is 9.84 Å². The van der Waals surface area contributed by atoms with E-state index in [2.05, 4.69) is 5.32 Å². The average molecular weight is 283 g/mol. The minimum absolute atomic E-state index is 0.00274. The van der Waals surface area contributed by atoms with Gasteiger partial charge in [0, 0.05) is 12.3 Å². The highest BCUT2D eigenvalue weighted by molar-refractivity contribution is 7.90. The van der Waals surface area contributed by atoms with Crippen molar-refractivity contribution < 1.29 is 18.3 Å². The molecule has 5 nitrogen and oxygen atoms in total. The Bertz CT molecular complexity index is 578. The van der Waals surface area contributed by atoms with Gasteiger partial charge in [0.25, 0.3) is 0 Å². The van der Waals surface area contributed by atoms with Crippen LogP contribution in [-0.2, 0) is 14.6 Å². The molecule has 0 aromatic heterocycles. The lowest BCUT2D eigenvalue weighted by molar-refractivity contribution is -0.137. The molecule has 2 rings (SSSR count). The maximum absolute atomic E-state index is 11.7. The first kappa shape index (κ1) is 13.9. The van der Waals surface area contributed by atoms with E-state index < -0.39 is 15.8 Å². The van der Waals surface area contributed by atoms with Crippen LogP contribution in [0, 0.1) is 5.92 Å². The van der Waals surface area contributed by atoms with Crippen LogP contribution in [0.3, 0.4) is 0 Å². The van der Waals surface area contributed by atoms with E-state index in [4.69, 9.17) is 5.11 Å². The fourth-order valence-corrected chi connectivity index (χ4v) is 2.98. The highest BCUT2D eigenvalue weighted by atomic mass is 32.2. The molecule has 19 heavy (non-hydrogen) atoms. The van der Waals surface area contributed by atoms with Gasteiger partial charge in [-0.05, 0) is 30.9 Å². The smallest absolute Gasteiger partial charge is 0.305 e. The molecule has 1 aliphatic carbocycles. The van der Waals surface area contributed by atoms with Crippen LogP contribution in [0.2, 0.25) is 0 Å². The molecule has 1 aromatic rings. The predicted octanol–water partition coefficient (Wildman–Crippen LogP) is 1.76. The lowest BCUT2D eigenvalue weighted by Crippen LogP contribution is -2.26. The minimum atomic E-state index is -3.32. The Morgan fingerprint density at radius 3 is 2.58 bits per heavy atom. The molecule has 0 amide bonds. The van der Waals surface area contributed by atoms with Gasteiger partial charge in [-0.25, -0.2) is 8.42 Å². The molecule has 1 aromatic carbocycles. The van der Waals surface area contributed by atoms with E-state index in [1.54, 1.807) is 18.2 Å². The van der Waals surface area contributed by atoms with Gasteiger partial charge in [0.05, 0.1) is 17.0 Å². The van der Waals surface area contributed by atoms with E-state index in [1.165, 1.54) is 6.07 Å². The molecule has 104 valence electrons.